The maximum atomic E-state index is 8.56. The lowest BCUT2D eigenvalue weighted by molar-refractivity contribution is 0.292. The number of H-pyrrole nitrogens is 1. The van der Waals surface area contributed by atoms with Gasteiger partial charge in [0.05, 0.1) is 6.61 Å². The molecule has 0 aromatic carbocycles. The monoisotopic (exact) mass is 181 g/mol. The molecule has 1 aromatic rings. The van der Waals surface area contributed by atoms with Crippen molar-refractivity contribution in [2.24, 2.45) is 4.99 Å². The molecule has 72 valence electrons. The van der Waals surface area contributed by atoms with E-state index in [4.69, 9.17) is 5.11 Å². The average Bonchev–Trinajstić information content (AvgIpc) is 2.19. The highest BCUT2D eigenvalue weighted by Gasteiger charge is 1.90. The predicted octanol–water partition coefficient (Wildman–Crippen LogP) is -0.373. The van der Waals surface area contributed by atoms with E-state index in [1.165, 1.54) is 0 Å². The van der Waals surface area contributed by atoms with E-state index in [1.54, 1.807) is 7.05 Å². The molecular formula is C9H15N3O. The standard InChI is InChI=1S/C9H15N3O/c1-10-9-6-8(2-3-12-9)7-11-4-5-13/h2-3,6,11,13H,4-5,7H2,1H3,(H,10,12). The first-order valence-corrected chi connectivity index (χ1v) is 4.29. The number of rotatable bonds is 4. The summed E-state index contributed by atoms with van der Waals surface area (Å²) in [4.78, 5) is 7.03. The van der Waals surface area contributed by atoms with Gasteiger partial charge in [-0.3, -0.25) is 4.99 Å². The lowest BCUT2D eigenvalue weighted by Gasteiger charge is -2.01. The van der Waals surface area contributed by atoms with Crippen molar-refractivity contribution in [3.05, 3.63) is 29.4 Å². The lowest BCUT2D eigenvalue weighted by atomic mass is 10.2. The van der Waals surface area contributed by atoms with Crippen LogP contribution >= 0.6 is 0 Å². The first-order valence-electron chi connectivity index (χ1n) is 4.29. The third-order valence-corrected chi connectivity index (χ3v) is 1.71. The predicted molar refractivity (Wildman–Crippen MR) is 51.1 cm³/mol. The third-order valence-electron chi connectivity index (χ3n) is 1.71. The number of aliphatic hydroxyl groups is 1. The number of nitrogens with zero attached hydrogens (tertiary/aromatic N) is 1. The van der Waals surface area contributed by atoms with Crippen molar-refractivity contribution in [2.75, 3.05) is 20.2 Å². The zero-order valence-corrected chi connectivity index (χ0v) is 7.75. The van der Waals surface area contributed by atoms with Gasteiger partial charge in [-0.2, -0.15) is 0 Å². The summed E-state index contributed by atoms with van der Waals surface area (Å²) in [6.45, 7) is 1.55. The van der Waals surface area contributed by atoms with Gasteiger partial charge in [0.15, 0.2) is 0 Å². The minimum absolute atomic E-state index is 0.171. The summed E-state index contributed by atoms with van der Waals surface area (Å²) in [6, 6.07) is 3.96. The van der Waals surface area contributed by atoms with Crippen molar-refractivity contribution < 1.29 is 5.11 Å². The van der Waals surface area contributed by atoms with Crippen LogP contribution in [0.2, 0.25) is 0 Å². The van der Waals surface area contributed by atoms with Crippen molar-refractivity contribution in [2.45, 2.75) is 6.54 Å². The summed E-state index contributed by atoms with van der Waals surface area (Å²) in [5, 5.41) is 11.7. The average molecular weight is 181 g/mol. The molecule has 0 aliphatic carbocycles. The van der Waals surface area contributed by atoms with Crippen molar-refractivity contribution in [1.29, 1.82) is 0 Å². The molecule has 0 spiro atoms. The zero-order valence-electron chi connectivity index (χ0n) is 7.75. The molecule has 0 aliphatic heterocycles. The molecule has 1 rings (SSSR count). The van der Waals surface area contributed by atoms with Crippen LogP contribution in [0.5, 0.6) is 0 Å². The van der Waals surface area contributed by atoms with Crippen LogP contribution in [0.25, 0.3) is 0 Å². The van der Waals surface area contributed by atoms with E-state index in [0.29, 0.717) is 6.54 Å². The van der Waals surface area contributed by atoms with Gasteiger partial charge in [-0.15, -0.1) is 0 Å². The Labute approximate surface area is 77.4 Å². The Bertz CT molecular complexity index is 306. The molecule has 1 aromatic heterocycles. The van der Waals surface area contributed by atoms with E-state index in [9.17, 15) is 0 Å². The minimum atomic E-state index is 0.171. The maximum absolute atomic E-state index is 8.56. The summed E-state index contributed by atoms with van der Waals surface area (Å²) in [7, 11) is 1.75. The first-order chi connectivity index (χ1) is 6.36. The number of hydrogen-bond acceptors (Lipinski definition) is 3. The molecule has 3 N–H and O–H groups in total. The molecule has 0 saturated heterocycles. The van der Waals surface area contributed by atoms with Crippen molar-refractivity contribution >= 4 is 0 Å². The summed E-state index contributed by atoms with van der Waals surface area (Å²) >= 11 is 0. The molecule has 0 radical (unpaired) electrons. The van der Waals surface area contributed by atoms with Gasteiger partial charge in [0.1, 0.15) is 5.49 Å². The van der Waals surface area contributed by atoms with Crippen LogP contribution in [0.3, 0.4) is 0 Å². The minimum Gasteiger partial charge on any atom is -0.395 e. The van der Waals surface area contributed by atoms with Gasteiger partial charge >= 0.3 is 0 Å². The van der Waals surface area contributed by atoms with Crippen molar-refractivity contribution in [3.63, 3.8) is 0 Å². The van der Waals surface area contributed by atoms with Gasteiger partial charge < -0.3 is 15.4 Å². The fourth-order valence-electron chi connectivity index (χ4n) is 1.05. The number of aromatic nitrogens is 1. The highest BCUT2D eigenvalue weighted by atomic mass is 16.3. The van der Waals surface area contributed by atoms with E-state index in [-0.39, 0.29) is 6.61 Å². The van der Waals surface area contributed by atoms with E-state index in [1.807, 2.05) is 18.3 Å². The number of nitrogens with one attached hydrogen (secondary N) is 2. The second-order valence-electron chi connectivity index (χ2n) is 2.71. The van der Waals surface area contributed by atoms with Gasteiger partial charge in [-0.1, -0.05) is 0 Å². The molecule has 0 atom stereocenters. The second-order valence-corrected chi connectivity index (χ2v) is 2.71. The highest BCUT2D eigenvalue weighted by molar-refractivity contribution is 5.08. The number of aromatic amines is 1. The van der Waals surface area contributed by atoms with E-state index in [2.05, 4.69) is 15.3 Å². The molecule has 1 heterocycles. The molecule has 13 heavy (non-hydrogen) atoms. The highest BCUT2D eigenvalue weighted by Crippen LogP contribution is 1.90. The van der Waals surface area contributed by atoms with Crippen molar-refractivity contribution in [3.8, 4) is 0 Å². The molecule has 0 unspecified atom stereocenters. The molecule has 0 bridgehead atoms. The number of hydrogen-bond donors (Lipinski definition) is 3. The van der Waals surface area contributed by atoms with Crippen LogP contribution in [-0.2, 0) is 6.54 Å². The topological polar surface area (TPSA) is 60.4 Å². The summed E-state index contributed by atoms with van der Waals surface area (Å²) in [5.74, 6) is 0. The van der Waals surface area contributed by atoms with Crippen LogP contribution in [0.1, 0.15) is 5.56 Å². The van der Waals surface area contributed by atoms with Gasteiger partial charge in [0.25, 0.3) is 0 Å². The zero-order chi connectivity index (χ0) is 9.52. The van der Waals surface area contributed by atoms with E-state index < -0.39 is 0 Å². The fraction of sp³-hybridized carbons (Fsp3) is 0.444. The molecule has 4 nitrogen and oxygen atoms in total. The SMILES string of the molecule is C/N=c1/cc(CNCCO)cc[nH]1. The Morgan fingerprint density at radius 2 is 2.46 bits per heavy atom. The Morgan fingerprint density at radius 3 is 3.15 bits per heavy atom. The smallest absolute Gasteiger partial charge is 0.124 e. The second kappa shape index (κ2) is 5.50. The Hall–Kier alpha value is -1.13. The van der Waals surface area contributed by atoms with Crippen molar-refractivity contribution in [1.82, 2.24) is 10.3 Å². The summed E-state index contributed by atoms with van der Waals surface area (Å²) in [6.07, 6.45) is 1.86. The van der Waals surface area contributed by atoms with Crippen LogP contribution in [0.15, 0.2) is 23.3 Å². The largest absolute Gasteiger partial charge is 0.395 e. The van der Waals surface area contributed by atoms with Crippen LogP contribution < -0.4 is 10.8 Å². The van der Waals surface area contributed by atoms with Crippen LogP contribution in [0.4, 0.5) is 0 Å². The lowest BCUT2D eigenvalue weighted by Crippen LogP contribution is -2.19. The quantitative estimate of drug-likeness (QED) is 0.555. The molecule has 0 aliphatic rings. The normalized spacial score (nSPS) is 12.0. The van der Waals surface area contributed by atoms with Gasteiger partial charge in [-0.05, 0) is 17.7 Å². The van der Waals surface area contributed by atoms with Gasteiger partial charge in [0, 0.05) is 26.3 Å². The van der Waals surface area contributed by atoms with Gasteiger partial charge in [0.2, 0.25) is 0 Å². The number of pyridine rings is 1. The molecule has 0 saturated carbocycles. The molecular weight excluding hydrogens is 166 g/mol. The third kappa shape index (κ3) is 3.40. The Kier molecular flexibility index (Phi) is 4.21. The first kappa shape index (κ1) is 9.95. The number of aliphatic hydroxyl groups excluding tert-OH is 1. The van der Waals surface area contributed by atoms with E-state index >= 15 is 0 Å². The summed E-state index contributed by atoms with van der Waals surface area (Å²) < 4.78 is 0. The molecule has 4 heteroatoms. The van der Waals surface area contributed by atoms with E-state index in [0.717, 1.165) is 17.6 Å². The maximum Gasteiger partial charge on any atom is 0.124 e. The Balaban J connectivity index is 2.57. The van der Waals surface area contributed by atoms with Crippen LogP contribution in [-0.4, -0.2) is 30.3 Å². The Morgan fingerprint density at radius 1 is 1.62 bits per heavy atom. The van der Waals surface area contributed by atoms with Crippen LogP contribution in [0, 0.1) is 0 Å². The molecule has 0 fully saturated rings. The molecule has 0 amide bonds. The van der Waals surface area contributed by atoms with Gasteiger partial charge in [-0.25, -0.2) is 0 Å². The summed E-state index contributed by atoms with van der Waals surface area (Å²) in [5.41, 5.74) is 2.02. The fourth-order valence-corrected chi connectivity index (χ4v) is 1.05.